The van der Waals surface area contributed by atoms with Crippen LogP contribution < -0.4 is 4.74 Å². The number of para-hydroxylation sites is 1. The van der Waals surface area contributed by atoms with Gasteiger partial charge in [-0.05, 0) is 80.6 Å². The summed E-state index contributed by atoms with van der Waals surface area (Å²) in [6, 6.07) is 18.5. The average molecular weight is 323 g/mol. The Bertz CT molecular complexity index is 600. The lowest BCUT2D eigenvalue weighted by atomic mass is 9.95. The minimum absolute atomic E-state index is 0.593. The summed E-state index contributed by atoms with van der Waals surface area (Å²) in [5.41, 5.74) is 1.40. The molecule has 0 N–H and O–H groups in total. The van der Waals surface area contributed by atoms with Gasteiger partial charge in [0.15, 0.2) is 0 Å². The van der Waals surface area contributed by atoms with Crippen LogP contribution >= 0.6 is 0 Å². The van der Waals surface area contributed by atoms with Crippen LogP contribution in [0.1, 0.15) is 44.6 Å². The molecular weight excluding hydrogens is 294 g/mol. The lowest BCUT2D eigenvalue weighted by Crippen LogP contribution is -2.34. The van der Waals surface area contributed by atoms with Crippen LogP contribution in [0.5, 0.6) is 11.5 Å². The second-order valence-corrected chi connectivity index (χ2v) is 7.20. The first-order valence-electron chi connectivity index (χ1n) is 9.26. The maximum Gasteiger partial charge on any atom is 0.127 e. The standard InChI is InChI=1S/C22H29NO/c1-18-12-15-23(16-13-18)17-14-19(2)20-8-10-22(11-9-20)24-21-6-4-3-5-7-21/h3-11,18-19H,12-17H2,1-2H3. The number of likely N-dealkylation sites (tertiary alicyclic amines) is 1. The van der Waals surface area contributed by atoms with Crippen molar-refractivity contribution >= 4 is 0 Å². The second kappa shape index (κ2) is 8.34. The van der Waals surface area contributed by atoms with Crippen molar-refractivity contribution in [2.45, 2.75) is 39.0 Å². The molecule has 1 atom stereocenters. The highest BCUT2D eigenvalue weighted by atomic mass is 16.5. The van der Waals surface area contributed by atoms with E-state index in [1.807, 2.05) is 30.3 Å². The fourth-order valence-corrected chi connectivity index (χ4v) is 3.32. The van der Waals surface area contributed by atoms with Crippen LogP contribution in [-0.2, 0) is 0 Å². The van der Waals surface area contributed by atoms with Crippen molar-refractivity contribution in [3.8, 4) is 11.5 Å². The Kier molecular flexibility index (Phi) is 5.92. The number of rotatable bonds is 6. The zero-order chi connectivity index (χ0) is 16.8. The van der Waals surface area contributed by atoms with E-state index in [4.69, 9.17) is 4.74 Å². The van der Waals surface area contributed by atoms with Crippen LogP contribution in [0.4, 0.5) is 0 Å². The molecule has 2 aromatic rings. The molecule has 24 heavy (non-hydrogen) atoms. The molecule has 1 heterocycles. The Balaban J connectivity index is 1.49. The van der Waals surface area contributed by atoms with E-state index in [0.717, 1.165) is 17.4 Å². The summed E-state index contributed by atoms with van der Waals surface area (Å²) >= 11 is 0. The van der Waals surface area contributed by atoms with Gasteiger partial charge in [-0.2, -0.15) is 0 Å². The summed E-state index contributed by atoms with van der Waals surface area (Å²) in [5.74, 6) is 3.30. The molecule has 0 aliphatic carbocycles. The van der Waals surface area contributed by atoms with Gasteiger partial charge in [0, 0.05) is 0 Å². The van der Waals surface area contributed by atoms with Crippen molar-refractivity contribution < 1.29 is 4.74 Å². The van der Waals surface area contributed by atoms with E-state index in [9.17, 15) is 0 Å². The van der Waals surface area contributed by atoms with E-state index in [1.54, 1.807) is 0 Å². The van der Waals surface area contributed by atoms with E-state index >= 15 is 0 Å². The maximum absolute atomic E-state index is 5.87. The van der Waals surface area contributed by atoms with Crippen LogP contribution in [0.2, 0.25) is 0 Å². The van der Waals surface area contributed by atoms with E-state index in [2.05, 4.69) is 43.0 Å². The summed E-state index contributed by atoms with van der Waals surface area (Å²) in [5, 5.41) is 0. The van der Waals surface area contributed by atoms with Gasteiger partial charge in [0.2, 0.25) is 0 Å². The smallest absolute Gasteiger partial charge is 0.127 e. The van der Waals surface area contributed by atoms with Gasteiger partial charge in [0.1, 0.15) is 11.5 Å². The Labute approximate surface area is 146 Å². The van der Waals surface area contributed by atoms with E-state index in [0.29, 0.717) is 5.92 Å². The monoisotopic (exact) mass is 323 g/mol. The van der Waals surface area contributed by atoms with Crippen molar-refractivity contribution in [3.05, 3.63) is 60.2 Å². The van der Waals surface area contributed by atoms with Crippen molar-refractivity contribution in [1.82, 2.24) is 4.90 Å². The lowest BCUT2D eigenvalue weighted by Gasteiger charge is -2.31. The molecule has 0 saturated carbocycles. The molecule has 1 aliphatic rings. The highest BCUT2D eigenvalue weighted by Gasteiger charge is 2.16. The van der Waals surface area contributed by atoms with Gasteiger partial charge in [-0.15, -0.1) is 0 Å². The third-order valence-electron chi connectivity index (χ3n) is 5.18. The molecule has 2 heteroatoms. The van der Waals surface area contributed by atoms with E-state index in [1.165, 1.54) is 44.5 Å². The first-order chi connectivity index (χ1) is 11.7. The summed E-state index contributed by atoms with van der Waals surface area (Å²) < 4.78 is 5.87. The summed E-state index contributed by atoms with van der Waals surface area (Å²) in [6.07, 6.45) is 3.95. The molecule has 1 fully saturated rings. The summed E-state index contributed by atoms with van der Waals surface area (Å²) in [7, 11) is 0. The topological polar surface area (TPSA) is 12.5 Å². The zero-order valence-corrected chi connectivity index (χ0v) is 14.9. The maximum atomic E-state index is 5.87. The molecule has 0 aromatic heterocycles. The van der Waals surface area contributed by atoms with E-state index < -0.39 is 0 Å². The number of nitrogens with zero attached hydrogens (tertiary/aromatic N) is 1. The van der Waals surface area contributed by atoms with Crippen molar-refractivity contribution in [2.24, 2.45) is 5.92 Å². The SMILES string of the molecule is CC1CCN(CCC(C)c2ccc(Oc3ccccc3)cc2)CC1. The van der Waals surface area contributed by atoms with Gasteiger partial charge in [0.05, 0.1) is 0 Å². The molecule has 3 rings (SSSR count). The summed E-state index contributed by atoms with van der Waals surface area (Å²) in [6.45, 7) is 8.48. The van der Waals surface area contributed by atoms with Gasteiger partial charge >= 0.3 is 0 Å². The third-order valence-corrected chi connectivity index (χ3v) is 5.18. The van der Waals surface area contributed by atoms with E-state index in [-0.39, 0.29) is 0 Å². The first kappa shape index (κ1) is 17.0. The van der Waals surface area contributed by atoms with Gasteiger partial charge < -0.3 is 9.64 Å². The molecule has 1 unspecified atom stereocenters. The second-order valence-electron chi connectivity index (χ2n) is 7.20. The fourth-order valence-electron chi connectivity index (χ4n) is 3.32. The van der Waals surface area contributed by atoms with Crippen LogP contribution in [0.25, 0.3) is 0 Å². The van der Waals surface area contributed by atoms with Gasteiger partial charge in [-0.3, -0.25) is 0 Å². The van der Waals surface area contributed by atoms with Crippen LogP contribution in [0.3, 0.4) is 0 Å². The minimum atomic E-state index is 0.593. The molecular formula is C22H29NO. The molecule has 1 saturated heterocycles. The number of hydrogen-bond acceptors (Lipinski definition) is 2. The van der Waals surface area contributed by atoms with Crippen LogP contribution in [-0.4, -0.2) is 24.5 Å². The van der Waals surface area contributed by atoms with Crippen LogP contribution in [0.15, 0.2) is 54.6 Å². The Morgan fingerprint density at radius 3 is 2.25 bits per heavy atom. The predicted molar refractivity (Wildman–Crippen MR) is 101 cm³/mol. The highest BCUT2D eigenvalue weighted by Crippen LogP contribution is 2.26. The Morgan fingerprint density at radius 1 is 0.958 bits per heavy atom. The van der Waals surface area contributed by atoms with Gasteiger partial charge in [0.25, 0.3) is 0 Å². The first-order valence-corrected chi connectivity index (χ1v) is 9.26. The quantitative estimate of drug-likeness (QED) is 0.675. The number of benzene rings is 2. The highest BCUT2D eigenvalue weighted by molar-refractivity contribution is 5.33. The molecule has 1 aliphatic heterocycles. The Morgan fingerprint density at radius 2 is 1.58 bits per heavy atom. The molecule has 2 aromatic carbocycles. The largest absolute Gasteiger partial charge is 0.457 e. The molecule has 128 valence electrons. The van der Waals surface area contributed by atoms with Crippen molar-refractivity contribution in [3.63, 3.8) is 0 Å². The number of hydrogen-bond donors (Lipinski definition) is 0. The van der Waals surface area contributed by atoms with Crippen LogP contribution in [0, 0.1) is 5.92 Å². The summed E-state index contributed by atoms with van der Waals surface area (Å²) in [4.78, 5) is 2.63. The fraction of sp³-hybridized carbons (Fsp3) is 0.455. The van der Waals surface area contributed by atoms with Crippen molar-refractivity contribution in [2.75, 3.05) is 19.6 Å². The Hall–Kier alpha value is -1.80. The number of ether oxygens (including phenoxy) is 1. The molecule has 0 radical (unpaired) electrons. The third kappa shape index (κ3) is 4.85. The van der Waals surface area contributed by atoms with Gasteiger partial charge in [-0.1, -0.05) is 44.2 Å². The number of piperidine rings is 1. The molecule has 0 bridgehead atoms. The van der Waals surface area contributed by atoms with Crippen molar-refractivity contribution in [1.29, 1.82) is 0 Å². The molecule has 2 nitrogen and oxygen atoms in total. The zero-order valence-electron chi connectivity index (χ0n) is 14.9. The lowest BCUT2D eigenvalue weighted by molar-refractivity contribution is 0.187. The molecule has 0 spiro atoms. The minimum Gasteiger partial charge on any atom is -0.457 e. The normalized spacial score (nSPS) is 17.6. The average Bonchev–Trinajstić information content (AvgIpc) is 2.62. The molecule has 0 amide bonds. The van der Waals surface area contributed by atoms with Gasteiger partial charge in [-0.25, -0.2) is 0 Å². The predicted octanol–water partition coefficient (Wildman–Crippen LogP) is 5.70.